The van der Waals surface area contributed by atoms with Crippen molar-refractivity contribution in [2.75, 3.05) is 79.0 Å². The average Bonchev–Trinajstić information content (AvgIpc) is 3.72. The minimum atomic E-state index is -0.676. The molecule has 0 saturated carbocycles. The first-order valence-electron chi connectivity index (χ1n) is 22.7. The number of aromatic nitrogens is 1. The van der Waals surface area contributed by atoms with Crippen LogP contribution in [0.3, 0.4) is 0 Å². The maximum Gasteiger partial charge on any atom is 0.326 e. The number of para-hydroxylation sites is 2. The summed E-state index contributed by atoms with van der Waals surface area (Å²) in [5, 5.41) is 52.3. The van der Waals surface area contributed by atoms with E-state index in [-0.39, 0.29) is 53.7 Å². The van der Waals surface area contributed by atoms with Crippen LogP contribution in [0.4, 0.5) is 32.1 Å². The summed E-state index contributed by atoms with van der Waals surface area (Å²) >= 11 is 6.89. The minimum absolute atomic E-state index is 0.00530. The maximum atomic E-state index is 15.0. The molecular formula is C52H49ClFN9O6. The number of nitrogens with one attached hydrogen (secondary N) is 3. The fourth-order valence-corrected chi connectivity index (χ4v) is 9.36. The molecule has 6 N–H and O–H groups in total. The second-order valence-corrected chi connectivity index (χ2v) is 17.6. The SMILES string of the molecule is CC(=O)Nc1ccc(-c2cccc(-c3cc(C(=O)NCN4CCN(c5ccc(-c6cccc(-c7cc(C#N)cc(N8CCNCC8)c7)c6O)cc5Cl)C4=O)nc(N4CCC(O)CC4)c3)c2O)cc1F. The number of carbonyl (C=O) groups excluding carboxylic acids is 3. The first-order chi connectivity index (χ1) is 33.3. The van der Waals surface area contributed by atoms with Crippen molar-refractivity contribution in [2.24, 2.45) is 0 Å². The van der Waals surface area contributed by atoms with Crippen molar-refractivity contribution < 1.29 is 34.1 Å². The molecule has 3 fully saturated rings. The zero-order chi connectivity index (χ0) is 48.3. The van der Waals surface area contributed by atoms with Gasteiger partial charge in [-0.2, -0.15) is 5.26 Å². The first-order valence-corrected chi connectivity index (χ1v) is 23.1. The number of anilines is 4. The number of aliphatic hydroxyl groups is 1. The fourth-order valence-electron chi connectivity index (χ4n) is 9.08. The number of phenolic OH excluding ortho intramolecular Hbond substituents is 2. The molecule has 0 spiro atoms. The number of aliphatic hydroxyl groups excluding tert-OH is 1. The number of halogens is 2. The number of hydrogen-bond acceptors (Lipinski definition) is 11. The zero-order valence-corrected chi connectivity index (χ0v) is 38.4. The lowest BCUT2D eigenvalue weighted by Gasteiger charge is -2.31. The van der Waals surface area contributed by atoms with Crippen LogP contribution in [0.25, 0.3) is 44.5 Å². The van der Waals surface area contributed by atoms with Crippen LogP contribution in [0.5, 0.6) is 11.5 Å². The predicted octanol–water partition coefficient (Wildman–Crippen LogP) is 7.78. The lowest BCUT2D eigenvalue weighted by Crippen LogP contribution is -2.43. The van der Waals surface area contributed by atoms with Gasteiger partial charge >= 0.3 is 6.03 Å². The van der Waals surface area contributed by atoms with Gasteiger partial charge in [0.1, 0.15) is 28.8 Å². The Balaban J connectivity index is 0.920. The fraction of sp³-hybridized carbons (Fsp3) is 0.250. The highest BCUT2D eigenvalue weighted by molar-refractivity contribution is 6.34. The largest absolute Gasteiger partial charge is 0.507 e. The van der Waals surface area contributed by atoms with E-state index in [1.807, 2.05) is 29.2 Å². The molecule has 0 radical (unpaired) electrons. The number of benzene rings is 5. The smallest absolute Gasteiger partial charge is 0.326 e. The van der Waals surface area contributed by atoms with Crippen LogP contribution in [-0.2, 0) is 4.79 Å². The van der Waals surface area contributed by atoms with E-state index in [1.165, 1.54) is 34.9 Å². The molecule has 0 aliphatic carbocycles. The molecule has 3 saturated heterocycles. The van der Waals surface area contributed by atoms with E-state index in [1.54, 1.807) is 60.7 Å². The molecule has 4 amide bonds. The molecule has 6 aromatic rings. The standard InChI is InChI=1S/C52H49ClFN9O6/c1-31(64)58-45-10-8-34(26-44(45)54)40-5-3-7-42(50(40)67)36-27-46(59-48(28-36)61-16-12-38(65)13-17-61)51(68)57-30-62-20-21-63(52(62)69)47-11-9-33(25-43(47)53)39-4-2-6-41(49(39)66)35-22-32(29-55)23-37(24-35)60-18-14-56-15-19-60/h2-11,22-28,38,56,65-67H,12-21,30H2,1H3,(H,57,68)(H,58,64). The van der Waals surface area contributed by atoms with E-state index < -0.39 is 23.7 Å². The third-order valence-corrected chi connectivity index (χ3v) is 13.0. The number of nitrogens with zero attached hydrogens (tertiary/aromatic N) is 6. The minimum Gasteiger partial charge on any atom is -0.507 e. The summed E-state index contributed by atoms with van der Waals surface area (Å²) in [7, 11) is 0. The third-order valence-electron chi connectivity index (χ3n) is 12.7. The van der Waals surface area contributed by atoms with Crippen molar-refractivity contribution in [3.63, 3.8) is 0 Å². The Morgan fingerprint density at radius 3 is 2.07 bits per heavy atom. The van der Waals surface area contributed by atoms with Crippen LogP contribution < -0.4 is 30.7 Å². The highest BCUT2D eigenvalue weighted by Gasteiger charge is 2.32. The van der Waals surface area contributed by atoms with Gasteiger partial charge in [0.25, 0.3) is 5.91 Å². The topological polar surface area (TPSA) is 198 Å². The number of rotatable bonds is 11. The number of amides is 4. The van der Waals surface area contributed by atoms with E-state index >= 15 is 4.39 Å². The number of carbonyl (C=O) groups is 3. The Kier molecular flexibility index (Phi) is 13.4. The van der Waals surface area contributed by atoms with Crippen molar-refractivity contribution in [2.45, 2.75) is 25.9 Å². The molecule has 0 bridgehead atoms. The Hall–Kier alpha value is -7.71. The average molecular weight is 950 g/mol. The molecule has 5 aromatic carbocycles. The van der Waals surface area contributed by atoms with Gasteiger partial charge < -0.3 is 46.0 Å². The van der Waals surface area contributed by atoms with Crippen LogP contribution in [0.2, 0.25) is 5.02 Å². The zero-order valence-electron chi connectivity index (χ0n) is 37.7. The van der Waals surface area contributed by atoms with Gasteiger partial charge in [0, 0.05) is 87.2 Å². The van der Waals surface area contributed by atoms with Crippen LogP contribution in [0.1, 0.15) is 35.8 Å². The summed E-state index contributed by atoms with van der Waals surface area (Å²) < 4.78 is 15.0. The number of piperazine rings is 1. The predicted molar refractivity (Wildman–Crippen MR) is 264 cm³/mol. The van der Waals surface area contributed by atoms with Crippen molar-refractivity contribution in [3.8, 4) is 62.1 Å². The van der Waals surface area contributed by atoms with Gasteiger partial charge in [0.05, 0.1) is 40.8 Å². The second-order valence-electron chi connectivity index (χ2n) is 17.2. The maximum absolute atomic E-state index is 15.0. The van der Waals surface area contributed by atoms with E-state index in [0.717, 1.165) is 31.9 Å². The molecule has 0 unspecified atom stereocenters. The molecule has 3 aliphatic rings. The monoisotopic (exact) mass is 949 g/mol. The number of phenols is 2. The van der Waals surface area contributed by atoms with Gasteiger partial charge in [-0.1, -0.05) is 60.1 Å². The summed E-state index contributed by atoms with van der Waals surface area (Å²) in [6, 6.07) is 30.6. The number of pyridine rings is 1. The Morgan fingerprint density at radius 1 is 0.797 bits per heavy atom. The van der Waals surface area contributed by atoms with Crippen molar-refractivity contribution >= 4 is 52.3 Å². The Morgan fingerprint density at radius 2 is 1.43 bits per heavy atom. The van der Waals surface area contributed by atoms with Gasteiger partial charge in [-0.15, -0.1) is 0 Å². The van der Waals surface area contributed by atoms with E-state index in [4.69, 9.17) is 16.6 Å². The summed E-state index contributed by atoms with van der Waals surface area (Å²) in [5.41, 5.74) is 5.80. The lowest BCUT2D eigenvalue weighted by molar-refractivity contribution is -0.114. The van der Waals surface area contributed by atoms with Crippen LogP contribution >= 0.6 is 11.6 Å². The molecule has 15 nitrogen and oxygen atoms in total. The van der Waals surface area contributed by atoms with E-state index in [2.05, 4.69) is 26.9 Å². The molecule has 1 aromatic heterocycles. The number of piperidine rings is 1. The number of urea groups is 1. The summed E-state index contributed by atoms with van der Waals surface area (Å²) in [6.45, 7) is 5.93. The number of nitriles is 1. The second kappa shape index (κ2) is 19.9. The summed E-state index contributed by atoms with van der Waals surface area (Å²) in [6.07, 6.45) is 0.543. The van der Waals surface area contributed by atoms with Gasteiger partial charge in [-0.25, -0.2) is 14.2 Å². The highest BCUT2D eigenvalue weighted by atomic mass is 35.5. The number of hydrogen-bond donors (Lipinski definition) is 6. The molecule has 4 heterocycles. The van der Waals surface area contributed by atoms with Gasteiger partial charge in [0.2, 0.25) is 5.91 Å². The highest BCUT2D eigenvalue weighted by Crippen LogP contribution is 2.43. The third kappa shape index (κ3) is 9.84. The summed E-state index contributed by atoms with van der Waals surface area (Å²) in [5.74, 6) is -1.36. The number of aromatic hydroxyl groups is 2. The van der Waals surface area contributed by atoms with Crippen LogP contribution in [0.15, 0.2) is 103 Å². The van der Waals surface area contributed by atoms with Gasteiger partial charge in [0.15, 0.2) is 0 Å². The molecule has 3 aliphatic heterocycles. The molecule has 352 valence electrons. The van der Waals surface area contributed by atoms with Crippen LogP contribution in [-0.4, -0.2) is 108 Å². The molecule has 69 heavy (non-hydrogen) atoms. The van der Waals surface area contributed by atoms with E-state index in [0.29, 0.717) is 87.5 Å². The quantitative estimate of drug-likeness (QED) is 0.0742. The van der Waals surface area contributed by atoms with Gasteiger partial charge in [-0.3, -0.25) is 14.5 Å². The normalized spacial score (nSPS) is 15.3. The van der Waals surface area contributed by atoms with E-state index in [9.17, 15) is 35.0 Å². The lowest BCUT2D eigenvalue weighted by atomic mass is 9.95. The van der Waals surface area contributed by atoms with Crippen LogP contribution in [0, 0.1) is 17.1 Å². The molecule has 9 rings (SSSR count). The molecule has 0 atom stereocenters. The van der Waals surface area contributed by atoms with Crippen molar-refractivity contribution in [1.82, 2.24) is 20.5 Å². The first kappa shape index (κ1) is 46.4. The van der Waals surface area contributed by atoms with Crippen molar-refractivity contribution in [3.05, 3.63) is 125 Å². The van der Waals surface area contributed by atoms with Gasteiger partial charge in [-0.05, 0) is 89.7 Å². The Bertz CT molecular complexity index is 3020. The molecule has 17 heteroatoms. The molecular weight excluding hydrogens is 901 g/mol. The van der Waals surface area contributed by atoms with Crippen molar-refractivity contribution in [1.29, 1.82) is 5.26 Å². The Labute approximate surface area is 403 Å². The summed E-state index contributed by atoms with van der Waals surface area (Å²) in [4.78, 5) is 51.2.